The molecule has 5 heteroatoms. The molecule has 0 amide bonds. The summed E-state index contributed by atoms with van der Waals surface area (Å²) in [7, 11) is 0. The van der Waals surface area contributed by atoms with Crippen LogP contribution in [0.5, 0.6) is 0 Å². The zero-order chi connectivity index (χ0) is 14.7. The van der Waals surface area contributed by atoms with Crippen molar-refractivity contribution in [3.05, 3.63) is 46.0 Å². The van der Waals surface area contributed by atoms with E-state index in [-0.39, 0.29) is 0 Å². The lowest BCUT2D eigenvalue weighted by atomic mass is 10.1. The zero-order valence-corrected chi connectivity index (χ0v) is 12.9. The molecule has 0 saturated carbocycles. The molecule has 1 N–H and O–H groups in total. The van der Waals surface area contributed by atoms with Crippen molar-refractivity contribution in [3.8, 4) is 0 Å². The summed E-state index contributed by atoms with van der Waals surface area (Å²) in [4.78, 5) is 4.12. The molecule has 1 atom stereocenters. The van der Waals surface area contributed by atoms with Crippen molar-refractivity contribution in [1.82, 2.24) is 14.8 Å². The van der Waals surface area contributed by atoms with E-state index in [1.165, 1.54) is 0 Å². The van der Waals surface area contributed by atoms with E-state index in [0.29, 0.717) is 11.4 Å². The molecule has 2 heterocycles. The van der Waals surface area contributed by atoms with E-state index in [9.17, 15) is 5.11 Å². The number of pyridine rings is 1. The number of hydrogen-bond acceptors (Lipinski definition) is 3. The lowest BCUT2D eigenvalue weighted by molar-refractivity contribution is 0.175. The van der Waals surface area contributed by atoms with Crippen LogP contribution in [0.25, 0.3) is 0 Å². The third-order valence-corrected chi connectivity index (χ3v) is 3.80. The number of rotatable bonds is 5. The van der Waals surface area contributed by atoms with E-state index in [1.54, 1.807) is 12.4 Å². The fourth-order valence-electron chi connectivity index (χ4n) is 2.27. The Hall–Kier alpha value is -1.39. The van der Waals surface area contributed by atoms with Gasteiger partial charge in [0, 0.05) is 25.4 Å². The molecule has 4 nitrogen and oxygen atoms in total. The van der Waals surface area contributed by atoms with Gasteiger partial charge in [0.2, 0.25) is 0 Å². The van der Waals surface area contributed by atoms with Crippen molar-refractivity contribution in [1.29, 1.82) is 0 Å². The highest BCUT2D eigenvalue weighted by Crippen LogP contribution is 2.26. The molecule has 20 heavy (non-hydrogen) atoms. The van der Waals surface area contributed by atoms with Gasteiger partial charge in [-0.05, 0) is 31.4 Å². The lowest BCUT2D eigenvalue weighted by Gasteiger charge is -2.12. The highest BCUT2D eigenvalue weighted by molar-refractivity contribution is 6.31. The first-order chi connectivity index (χ1) is 9.56. The molecule has 2 aromatic rings. The van der Waals surface area contributed by atoms with Crippen LogP contribution >= 0.6 is 11.6 Å². The Labute approximate surface area is 124 Å². The predicted octanol–water partition coefficient (Wildman–Crippen LogP) is 3.10. The molecule has 2 aromatic heterocycles. The third-order valence-electron chi connectivity index (χ3n) is 3.36. The standard InChI is InChI=1S/C15H20ClN3O/c1-4-12-15(16)13(19(5-2)18-12)7-14(20)11-6-10(3)8-17-9-11/h6,8-9,14,20H,4-5,7H2,1-3H3. The highest BCUT2D eigenvalue weighted by Gasteiger charge is 2.18. The van der Waals surface area contributed by atoms with E-state index in [1.807, 2.05) is 31.5 Å². The molecule has 2 rings (SSSR count). The minimum Gasteiger partial charge on any atom is -0.388 e. The minimum absolute atomic E-state index is 0.449. The molecular formula is C15H20ClN3O. The zero-order valence-electron chi connectivity index (χ0n) is 12.1. The first-order valence-corrected chi connectivity index (χ1v) is 7.28. The largest absolute Gasteiger partial charge is 0.388 e. The van der Waals surface area contributed by atoms with Crippen molar-refractivity contribution in [2.24, 2.45) is 0 Å². The number of halogens is 1. The second kappa shape index (κ2) is 6.37. The van der Waals surface area contributed by atoms with Crippen molar-refractivity contribution in [3.63, 3.8) is 0 Å². The summed E-state index contributed by atoms with van der Waals surface area (Å²) in [5.41, 5.74) is 3.62. The van der Waals surface area contributed by atoms with E-state index in [0.717, 1.165) is 35.5 Å². The van der Waals surface area contributed by atoms with Crippen LogP contribution in [-0.4, -0.2) is 19.9 Å². The molecule has 0 aliphatic heterocycles. The van der Waals surface area contributed by atoms with E-state index in [2.05, 4.69) is 10.1 Å². The van der Waals surface area contributed by atoms with Gasteiger partial charge in [-0.15, -0.1) is 0 Å². The van der Waals surface area contributed by atoms with Crippen molar-refractivity contribution >= 4 is 11.6 Å². The number of aromatic nitrogens is 3. The molecule has 0 aromatic carbocycles. The Morgan fingerprint density at radius 3 is 2.70 bits per heavy atom. The summed E-state index contributed by atoms with van der Waals surface area (Å²) in [6.07, 6.45) is 4.09. The fourth-order valence-corrected chi connectivity index (χ4v) is 2.62. The molecule has 0 radical (unpaired) electrons. The third kappa shape index (κ3) is 3.02. The van der Waals surface area contributed by atoms with Crippen molar-refractivity contribution < 1.29 is 5.11 Å². The first kappa shape index (κ1) is 15.0. The van der Waals surface area contributed by atoms with Crippen LogP contribution in [-0.2, 0) is 19.4 Å². The van der Waals surface area contributed by atoms with Crippen LogP contribution in [0.3, 0.4) is 0 Å². The van der Waals surface area contributed by atoms with Crippen LogP contribution in [0.2, 0.25) is 5.02 Å². The van der Waals surface area contributed by atoms with E-state index < -0.39 is 6.10 Å². The van der Waals surface area contributed by atoms with Gasteiger partial charge in [0.15, 0.2) is 0 Å². The molecule has 0 bridgehead atoms. The number of hydrogen-bond donors (Lipinski definition) is 1. The molecule has 0 aliphatic carbocycles. The summed E-state index contributed by atoms with van der Waals surface area (Å²) in [6.45, 7) is 6.75. The Balaban J connectivity index is 2.27. The van der Waals surface area contributed by atoms with Crippen LogP contribution in [0.1, 0.15) is 42.5 Å². The maximum Gasteiger partial charge on any atom is 0.0860 e. The number of nitrogens with zero attached hydrogens (tertiary/aromatic N) is 3. The summed E-state index contributed by atoms with van der Waals surface area (Å²) in [6, 6.07) is 1.94. The van der Waals surface area contributed by atoms with E-state index >= 15 is 0 Å². The van der Waals surface area contributed by atoms with Crippen LogP contribution in [0.15, 0.2) is 18.5 Å². The van der Waals surface area contributed by atoms with Gasteiger partial charge in [0.1, 0.15) is 0 Å². The second-order valence-electron chi connectivity index (χ2n) is 4.89. The normalized spacial score (nSPS) is 12.7. The maximum absolute atomic E-state index is 10.4. The van der Waals surface area contributed by atoms with Crippen LogP contribution < -0.4 is 0 Å². The number of aryl methyl sites for hydroxylation is 3. The van der Waals surface area contributed by atoms with Gasteiger partial charge >= 0.3 is 0 Å². The second-order valence-corrected chi connectivity index (χ2v) is 5.27. The topological polar surface area (TPSA) is 50.9 Å². The highest BCUT2D eigenvalue weighted by atomic mass is 35.5. The van der Waals surface area contributed by atoms with Gasteiger partial charge in [0.05, 0.1) is 22.5 Å². The number of aliphatic hydroxyl groups is 1. The minimum atomic E-state index is -0.619. The summed E-state index contributed by atoms with van der Waals surface area (Å²) in [5, 5.41) is 15.5. The predicted molar refractivity (Wildman–Crippen MR) is 79.9 cm³/mol. The van der Waals surface area contributed by atoms with Crippen LogP contribution in [0.4, 0.5) is 0 Å². The Morgan fingerprint density at radius 1 is 1.35 bits per heavy atom. The molecule has 108 valence electrons. The molecule has 0 spiro atoms. The summed E-state index contributed by atoms with van der Waals surface area (Å²) in [5.74, 6) is 0. The van der Waals surface area contributed by atoms with E-state index in [4.69, 9.17) is 11.6 Å². The molecule has 0 saturated heterocycles. The number of aliphatic hydroxyl groups excluding tert-OH is 1. The molecule has 0 fully saturated rings. The van der Waals surface area contributed by atoms with Crippen molar-refractivity contribution in [2.45, 2.75) is 46.3 Å². The molecular weight excluding hydrogens is 274 g/mol. The monoisotopic (exact) mass is 293 g/mol. The van der Waals surface area contributed by atoms with Gasteiger partial charge in [-0.1, -0.05) is 24.6 Å². The first-order valence-electron chi connectivity index (χ1n) is 6.90. The van der Waals surface area contributed by atoms with Crippen molar-refractivity contribution in [2.75, 3.05) is 0 Å². The smallest absolute Gasteiger partial charge is 0.0860 e. The Morgan fingerprint density at radius 2 is 2.10 bits per heavy atom. The van der Waals surface area contributed by atoms with Gasteiger partial charge < -0.3 is 5.11 Å². The Kier molecular flexibility index (Phi) is 4.78. The molecule has 0 aliphatic rings. The van der Waals surface area contributed by atoms with Crippen LogP contribution in [0, 0.1) is 6.92 Å². The van der Waals surface area contributed by atoms with Gasteiger partial charge in [-0.2, -0.15) is 5.10 Å². The summed E-state index contributed by atoms with van der Waals surface area (Å²) < 4.78 is 1.87. The lowest BCUT2D eigenvalue weighted by Crippen LogP contribution is -2.09. The fraction of sp³-hybridized carbons (Fsp3) is 0.467. The SMILES string of the molecule is CCc1nn(CC)c(CC(O)c2cncc(C)c2)c1Cl. The molecule has 1 unspecified atom stereocenters. The average molecular weight is 294 g/mol. The average Bonchev–Trinajstić information content (AvgIpc) is 2.75. The van der Waals surface area contributed by atoms with Gasteiger partial charge in [-0.3, -0.25) is 9.67 Å². The summed E-state index contributed by atoms with van der Waals surface area (Å²) >= 11 is 6.36. The van der Waals surface area contributed by atoms with Gasteiger partial charge in [-0.25, -0.2) is 0 Å². The maximum atomic E-state index is 10.4. The Bertz CT molecular complexity index is 595. The van der Waals surface area contributed by atoms with Gasteiger partial charge in [0.25, 0.3) is 0 Å². The quantitative estimate of drug-likeness (QED) is 0.921.